The normalized spacial score (nSPS) is 10.9. The number of carbonyl (C=O) groups is 1. The molecule has 0 unspecified atom stereocenters. The number of benzene rings is 2. The van der Waals surface area contributed by atoms with Crippen LogP contribution in [0.25, 0.3) is 10.2 Å². The molecule has 118 valence electrons. The molecule has 0 aliphatic carbocycles. The number of aryl methyl sites for hydroxylation is 2. The topological polar surface area (TPSA) is 42.0 Å². The van der Waals surface area contributed by atoms with E-state index in [9.17, 15) is 4.79 Å². The van der Waals surface area contributed by atoms with Gasteiger partial charge in [0, 0.05) is 4.90 Å². The predicted molar refractivity (Wildman–Crippen MR) is 99.7 cm³/mol. The first-order valence-electron chi connectivity index (χ1n) is 7.36. The number of rotatable bonds is 4. The second kappa shape index (κ2) is 6.72. The van der Waals surface area contributed by atoms with Crippen molar-refractivity contribution in [2.24, 2.45) is 0 Å². The Balaban J connectivity index is 1.71. The summed E-state index contributed by atoms with van der Waals surface area (Å²) in [4.78, 5) is 17.9. The number of fused-ring (bicyclic) bond motifs is 1. The zero-order valence-corrected chi connectivity index (χ0v) is 15.0. The lowest BCUT2D eigenvalue weighted by Crippen LogP contribution is -2.14. The molecule has 23 heavy (non-hydrogen) atoms. The van der Waals surface area contributed by atoms with Crippen molar-refractivity contribution in [2.45, 2.75) is 25.2 Å². The summed E-state index contributed by atoms with van der Waals surface area (Å²) in [6.45, 7) is 4.16. The molecule has 0 atom stereocenters. The van der Waals surface area contributed by atoms with Crippen LogP contribution in [-0.4, -0.2) is 17.1 Å². The number of aromatic nitrogens is 1. The minimum atomic E-state index is -0.0330. The van der Waals surface area contributed by atoms with E-state index in [1.165, 1.54) is 27.4 Å². The van der Waals surface area contributed by atoms with Gasteiger partial charge in [-0.1, -0.05) is 23.5 Å². The van der Waals surface area contributed by atoms with Crippen LogP contribution in [0.2, 0.25) is 0 Å². The van der Waals surface area contributed by atoms with Crippen molar-refractivity contribution < 1.29 is 4.79 Å². The van der Waals surface area contributed by atoms with Crippen LogP contribution < -0.4 is 5.32 Å². The van der Waals surface area contributed by atoms with Crippen LogP contribution in [-0.2, 0) is 11.2 Å². The Labute approximate surface area is 144 Å². The zero-order chi connectivity index (χ0) is 16.4. The lowest BCUT2D eigenvalue weighted by Gasteiger charge is -2.03. The number of thiazole rings is 1. The Kier molecular flexibility index (Phi) is 4.68. The van der Waals surface area contributed by atoms with Crippen molar-refractivity contribution in [2.75, 3.05) is 11.6 Å². The SMILES string of the molecule is CSc1ccc(CC(=O)Nc2nc3cc(C)c(C)cc3s2)cc1. The summed E-state index contributed by atoms with van der Waals surface area (Å²) >= 11 is 3.21. The number of nitrogens with zero attached hydrogens (tertiary/aromatic N) is 1. The van der Waals surface area contributed by atoms with Crippen molar-refractivity contribution in [3.8, 4) is 0 Å². The summed E-state index contributed by atoms with van der Waals surface area (Å²) in [5.74, 6) is -0.0330. The van der Waals surface area contributed by atoms with Gasteiger partial charge in [0.15, 0.2) is 5.13 Å². The lowest BCUT2D eigenvalue weighted by molar-refractivity contribution is -0.115. The summed E-state index contributed by atoms with van der Waals surface area (Å²) in [5.41, 5.74) is 4.41. The second-order valence-electron chi connectivity index (χ2n) is 5.50. The van der Waals surface area contributed by atoms with E-state index in [-0.39, 0.29) is 5.91 Å². The fourth-order valence-corrected chi connectivity index (χ4v) is 3.70. The van der Waals surface area contributed by atoms with Crippen LogP contribution in [0.15, 0.2) is 41.3 Å². The van der Waals surface area contributed by atoms with Gasteiger partial charge >= 0.3 is 0 Å². The first kappa shape index (κ1) is 16.0. The zero-order valence-electron chi connectivity index (χ0n) is 13.3. The van der Waals surface area contributed by atoms with Crippen LogP contribution >= 0.6 is 23.1 Å². The maximum atomic E-state index is 12.2. The van der Waals surface area contributed by atoms with Gasteiger partial charge in [-0.3, -0.25) is 4.79 Å². The molecule has 0 saturated heterocycles. The molecule has 2 aromatic carbocycles. The smallest absolute Gasteiger partial charge is 0.230 e. The molecule has 1 aromatic heterocycles. The number of anilines is 1. The number of hydrogen-bond donors (Lipinski definition) is 1. The van der Waals surface area contributed by atoms with Crippen LogP contribution in [0.5, 0.6) is 0 Å². The summed E-state index contributed by atoms with van der Waals surface area (Å²) in [7, 11) is 0. The fraction of sp³-hybridized carbons (Fsp3) is 0.222. The highest BCUT2D eigenvalue weighted by molar-refractivity contribution is 7.98. The van der Waals surface area contributed by atoms with Crippen molar-refractivity contribution in [1.29, 1.82) is 0 Å². The van der Waals surface area contributed by atoms with Gasteiger partial charge in [0.05, 0.1) is 16.6 Å². The third-order valence-corrected chi connectivity index (χ3v) is 5.45. The highest BCUT2D eigenvalue weighted by atomic mass is 32.2. The van der Waals surface area contributed by atoms with Crippen molar-refractivity contribution in [1.82, 2.24) is 4.98 Å². The molecule has 1 amide bonds. The summed E-state index contributed by atoms with van der Waals surface area (Å²) in [6, 6.07) is 12.3. The lowest BCUT2D eigenvalue weighted by atomic mass is 10.1. The standard InChI is InChI=1S/C18H18N2OS2/c1-11-8-15-16(9-12(11)2)23-18(19-15)20-17(21)10-13-4-6-14(22-3)7-5-13/h4-9H,10H2,1-3H3,(H,19,20,21). The summed E-state index contributed by atoms with van der Waals surface area (Å²) < 4.78 is 1.10. The van der Waals surface area contributed by atoms with Gasteiger partial charge in [-0.2, -0.15) is 0 Å². The third kappa shape index (κ3) is 3.74. The minimum Gasteiger partial charge on any atom is -0.302 e. The predicted octanol–water partition coefficient (Wildman–Crippen LogP) is 4.82. The largest absolute Gasteiger partial charge is 0.302 e. The fourth-order valence-electron chi connectivity index (χ4n) is 2.33. The average molecular weight is 342 g/mol. The minimum absolute atomic E-state index is 0.0330. The average Bonchev–Trinajstić information content (AvgIpc) is 2.89. The number of thioether (sulfide) groups is 1. The maximum Gasteiger partial charge on any atom is 0.230 e. The molecular formula is C18H18N2OS2. The van der Waals surface area contributed by atoms with Crippen LogP contribution in [0, 0.1) is 13.8 Å². The molecule has 0 bridgehead atoms. The number of amides is 1. The monoisotopic (exact) mass is 342 g/mol. The number of carbonyl (C=O) groups excluding carboxylic acids is 1. The molecule has 0 aliphatic heterocycles. The van der Waals surface area contributed by atoms with Gasteiger partial charge < -0.3 is 5.32 Å². The van der Waals surface area contributed by atoms with Gasteiger partial charge in [0.1, 0.15) is 0 Å². The van der Waals surface area contributed by atoms with E-state index in [1.807, 2.05) is 30.5 Å². The molecule has 3 aromatic rings. The van der Waals surface area contributed by atoms with Crippen LogP contribution in [0.1, 0.15) is 16.7 Å². The van der Waals surface area contributed by atoms with Crippen LogP contribution in [0.4, 0.5) is 5.13 Å². The Morgan fingerprint density at radius 3 is 2.57 bits per heavy atom. The molecule has 1 heterocycles. The molecule has 0 saturated carbocycles. The molecule has 0 aliphatic rings. The van der Waals surface area contributed by atoms with Gasteiger partial charge in [-0.05, 0) is 61.1 Å². The van der Waals surface area contributed by atoms with E-state index < -0.39 is 0 Å². The highest BCUT2D eigenvalue weighted by Gasteiger charge is 2.09. The maximum absolute atomic E-state index is 12.2. The quantitative estimate of drug-likeness (QED) is 0.691. The van der Waals surface area contributed by atoms with Crippen molar-refractivity contribution in [3.63, 3.8) is 0 Å². The van der Waals surface area contributed by atoms with E-state index in [0.29, 0.717) is 11.6 Å². The summed E-state index contributed by atoms with van der Waals surface area (Å²) in [5, 5.41) is 3.57. The van der Waals surface area contributed by atoms with E-state index >= 15 is 0 Å². The molecule has 0 radical (unpaired) electrons. The van der Waals surface area contributed by atoms with E-state index in [2.05, 4.69) is 36.3 Å². The molecule has 1 N–H and O–H groups in total. The molecule has 5 heteroatoms. The summed E-state index contributed by atoms with van der Waals surface area (Å²) in [6.07, 6.45) is 2.40. The molecule has 3 rings (SSSR count). The van der Waals surface area contributed by atoms with E-state index in [1.54, 1.807) is 11.8 Å². The second-order valence-corrected chi connectivity index (χ2v) is 7.41. The Hall–Kier alpha value is -1.85. The van der Waals surface area contributed by atoms with Gasteiger partial charge in [-0.15, -0.1) is 11.8 Å². The molecular weight excluding hydrogens is 324 g/mol. The van der Waals surface area contributed by atoms with Gasteiger partial charge in [0.2, 0.25) is 5.91 Å². The Morgan fingerprint density at radius 1 is 1.17 bits per heavy atom. The molecule has 0 fully saturated rings. The Bertz CT molecular complexity index is 814. The first-order valence-corrected chi connectivity index (χ1v) is 9.40. The Morgan fingerprint density at radius 2 is 1.87 bits per heavy atom. The van der Waals surface area contributed by atoms with Gasteiger partial charge in [-0.25, -0.2) is 4.98 Å². The van der Waals surface area contributed by atoms with E-state index in [0.717, 1.165) is 15.8 Å². The van der Waals surface area contributed by atoms with Crippen LogP contribution in [0.3, 0.4) is 0 Å². The number of hydrogen-bond acceptors (Lipinski definition) is 4. The molecule has 0 spiro atoms. The number of nitrogens with one attached hydrogen (secondary N) is 1. The van der Waals surface area contributed by atoms with Crippen molar-refractivity contribution >= 4 is 44.4 Å². The van der Waals surface area contributed by atoms with Crippen molar-refractivity contribution in [3.05, 3.63) is 53.1 Å². The molecule has 3 nitrogen and oxygen atoms in total. The first-order chi connectivity index (χ1) is 11.0. The highest BCUT2D eigenvalue weighted by Crippen LogP contribution is 2.28. The van der Waals surface area contributed by atoms with Gasteiger partial charge in [0.25, 0.3) is 0 Å². The van der Waals surface area contributed by atoms with E-state index in [4.69, 9.17) is 0 Å². The third-order valence-electron chi connectivity index (χ3n) is 3.77.